The van der Waals surface area contributed by atoms with Crippen LogP contribution in [0, 0.1) is 11.3 Å². The number of Topliss-reactive ketones (excluding diaryl/α,β-unsaturated/α-hetero) is 1. The van der Waals surface area contributed by atoms with Gasteiger partial charge in [-0.05, 0) is 59.3 Å². The Labute approximate surface area is 207 Å². The lowest BCUT2D eigenvalue weighted by molar-refractivity contribution is 0.0686. The maximum absolute atomic E-state index is 13.6. The zero-order valence-electron chi connectivity index (χ0n) is 19.0. The van der Waals surface area contributed by atoms with Crippen molar-refractivity contribution in [2.24, 2.45) is 0 Å². The Morgan fingerprint density at radius 1 is 0.833 bits per heavy atom. The number of fused-ring (bicyclic) bond motifs is 2. The highest BCUT2D eigenvalue weighted by Crippen LogP contribution is 2.38. The van der Waals surface area contributed by atoms with Crippen molar-refractivity contribution in [1.82, 2.24) is 4.31 Å². The summed E-state index contributed by atoms with van der Waals surface area (Å²) in [4.78, 5) is 26.7. The zero-order chi connectivity index (χ0) is 25.4. The van der Waals surface area contributed by atoms with Crippen molar-refractivity contribution >= 4 is 38.3 Å². The molecule has 0 radical (unpaired) electrons. The van der Waals surface area contributed by atoms with E-state index in [1.165, 1.54) is 43.4 Å². The Morgan fingerprint density at radius 2 is 1.47 bits per heavy atom. The molecular weight excluding hydrogens is 476 g/mol. The molecule has 0 atom stereocenters. The summed E-state index contributed by atoms with van der Waals surface area (Å²) in [5.41, 5.74) is 0.553. The highest BCUT2D eigenvalue weighted by Gasteiger charge is 2.39. The predicted molar refractivity (Wildman–Crippen MR) is 133 cm³/mol. The standard InChI is InChI=1S/C28H18N2O5S/c1-30-25(26(31)20-12-10-18(17-29)11-13-20)27(23-8-4-5-9-24(23)36(30,33)34)35-28(32)22-15-14-19-6-2-3-7-21(19)16-22/h2-16H,1H3. The van der Waals surface area contributed by atoms with Crippen molar-refractivity contribution in [3.8, 4) is 6.07 Å². The fraction of sp³-hybridized carbons (Fsp3) is 0.0357. The molecule has 1 aliphatic heterocycles. The highest BCUT2D eigenvalue weighted by atomic mass is 32.2. The summed E-state index contributed by atoms with van der Waals surface area (Å²) in [6.45, 7) is 0. The number of hydrogen-bond acceptors (Lipinski definition) is 6. The van der Waals surface area contributed by atoms with E-state index in [-0.39, 0.29) is 33.0 Å². The number of nitrogens with zero attached hydrogens (tertiary/aromatic N) is 2. The van der Waals surface area contributed by atoms with Crippen molar-refractivity contribution in [1.29, 1.82) is 5.26 Å². The fourth-order valence-corrected chi connectivity index (χ4v) is 5.46. The van der Waals surface area contributed by atoms with Crippen molar-refractivity contribution in [2.75, 3.05) is 7.05 Å². The molecule has 0 saturated carbocycles. The van der Waals surface area contributed by atoms with Gasteiger partial charge in [-0.15, -0.1) is 0 Å². The lowest BCUT2D eigenvalue weighted by Crippen LogP contribution is -2.36. The monoisotopic (exact) mass is 494 g/mol. The molecule has 0 unspecified atom stereocenters. The molecule has 8 heteroatoms. The summed E-state index contributed by atoms with van der Waals surface area (Å²) in [6.07, 6.45) is 0. The van der Waals surface area contributed by atoms with E-state index in [4.69, 9.17) is 10.00 Å². The van der Waals surface area contributed by atoms with E-state index in [1.54, 1.807) is 30.3 Å². The van der Waals surface area contributed by atoms with Crippen molar-refractivity contribution in [3.05, 3.63) is 119 Å². The molecule has 0 N–H and O–H groups in total. The number of hydrogen-bond donors (Lipinski definition) is 0. The SMILES string of the molecule is CN1C(C(=O)c2ccc(C#N)cc2)=C(OC(=O)c2ccc3ccccc3c2)c2ccccc2S1(=O)=O. The molecule has 7 nitrogen and oxygen atoms in total. The lowest BCUT2D eigenvalue weighted by atomic mass is 10.0. The number of ether oxygens (including phenoxy) is 1. The second kappa shape index (κ2) is 8.80. The van der Waals surface area contributed by atoms with Gasteiger partial charge in [-0.2, -0.15) is 5.26 Å². The first-order valence-electron chi connectivity index (χ1n) is 10.9. The van der Waals surface area contributed by atoms with E-state index < -0.39 is 21.8 Å². The van der Waals surface area contributed by atoms with Gasteiger partial charge in [0.25, 0.3) is 10.0 Å². The van der Waals surface area contributed by atoms with Crippen LogP contribution in [0.5, 0.6) is 0 Å². The minimum atomic E-state index is -4.09. The van der Waals surface area contributed by atoms with E-state index in [1.807, 2.05) is 30.3 Å². The van der Waals surface area contributed by atoms with Gasteiger partial charge in [0, 0.05) is 18.2 Å². The number of likely N-dealkylation sites (N-methyl/N-ethyl adjacent to an activating group) is 1. The first-order valence-corrected chi connectivity index (χ1v) is 12.3. The van der Waals surface area contributed by atoms with Gasteiger partial charge in [0.2, 0.25) is 5.78 Å². The number of carbonyl (C=O) groups is 2. The van der Waals surface area contributed by atoms with E-state index in [0.29, 0.717) is 5.56 Å². The number of benzene rings is 4. The van der Waals surface area contributed by atoms with Crippen molar-refractivity contribution in [2.45, 2.75) is 4.90 Å². The highest BCUT2D eigenvalue weighted by molar-refractivity contribution is 7.89. The molecule has 0 saturated heterocycles. The summed E-state index contributed by atoms with van der Waals surface area (Å²) in [5, 5.41) is 10.8. The van der Waals surface area contributed by atoms with Gasteiger partial charge < -0.3 is 4.74 Å². The molecule has 4 aromatic rings. The van der Waals surface area contributed by atoms with E-state index in [9.17, 15) is 18.0 Å². The van der Waals surface area contributed by atoms with Crippen LogP contribution < -0.4 is 0 Å². The average Bonchev–Trinajstić information content (AvgIpc) is 2.91. The molecule has 5 rings (SSSR count). The third-order valence-corrected chi connectivity index (χ3v) is 7.79. The Balaban J connectivity index is 1.66. The van der Waals surface area contributed by atoms with Crippen LogP contribution in [0.1, 0.15) is 31.8 Å². The lowest BCUT2D eigenvalue weighted by Gasteiger charge is -2.30. The van der Waals surface area contributed by atoms with Gasteiger partial charge in [0.05, 0.1) is 22.1 Å². The summed E-state index contributed by atoms with van der Waals surface area (Å²) in [7, 11) is -2.84. The largest absolute Gasteiger partial charge is 0.420 e. The third-order valence-electron chi connectivity index (χ3n) is 5.97. The minimum absolute atomic E-state index is 0.0785. The predicted octanol–water partition coefficient (Wildman–Crippen LogP) is 4.75. The van der Waals surface area contributed by atoms with E-state index >= 15 is 0 Å². The topological polar surface area (TPSA) is 105 Å². The Morgan fingerprint density at radius 3 is 2.19 bits per heavy atom. The second-order valence-corrected chi connectivity index (χ2v) is 10.1. The molecule has 36 heavy (non-hydrogen) atoms. The number of sulfonamides is 1. The first kappa shape index (κ1) is 23.0. The Bertz CT molecular complexity index is 1730. The quantitative estimate of drug-likeness (QED) is 0.299. The maximum atomic E-state index is 13.6. The molecule has 0 fully saturated rings. The molecule has 0 amide bonds. The molecule has 4 aromatic carbocycles. The van der Waals surface area contributed by atoms with Gasteiger partial charge in [-0.25, -0.2) is 13.2 Å². The van der Waals surface area contributed by atoms with Crippen LogP contribution in [0.4, 0.5) is 0 Å². The van der Waals surface area contributed by atoms with Crippen molar-refractivity contribution in [3.63, 3.8) is 0 Å². The summed E-state index contributed by atoms with van der Waals surface area (Å²) in [6, 6.07) is 26.4. The molecule has 0 bridgehead atoms. The zero-order valence-corrected chi connectivity index (χ0v) is 19.8. The molecular formula is C28H18N2O5S. The van der Waals surface area contributed by atoms with E-state index in [2.05, 4.69) is 0 Å². The molecule has 176 valence electrons. The number of nitriles is 1. The van der Waals surface area contributed by atoms with Gasteiger partial charge in [0.15, 0.2) is 5.76 Å². The normalized spacial score (nSPS) is 14.2. The second-order valence-electron chi connectivity index (χ2n) is 8.12. The number of carbonyl (C=O) groups excluding carboxylic acids is 2. The third kappa shape index (κ3) is 3.82. The fourth-order valence-electron chi connectivity index (χ4n) is 4.07. The van der Waals surface area contributed by atoms with Crippen LogP contribution in [0.2, 0.25) is 0 Å². The van der Waals surface area contributed by atoms with Gasteiger partial charge in [-0.1, -0.05) is 42.5 Å². The van der Waals surface area contributed by atoms with Crippen LogP contribution in [0.25, 0.3) is 16.5 Å². The van der Waals surface area contributed by atoms with E-state index in [0.717, 1.165) is 15.1 Å². The van der Waals surface area contributed by atoms with Gasteiger partial charge in [0.1, 0.15) is 5.70 Å². The van der Waals surface area contributed by atoms with Crippen LogP contribution >= 0.6 is 0 Å². The molecule has 1 aliphatic rings. The average molecular weight is 495 g/mol. The Hall–Kier alpha value is -4.74. The van der Waals surface area contributed by atoms with Crippen LogP contribution in [-0.4, -0.2) is 31.5 Å². The minimum Gasteiger partial charge on any atom is -0.420 e. The molecule has 0 aromatic heterocycles. The molecule has 0 aliphatic carbocycles. The number of allylic oxidation sites excluding steroid dienone is 1. The summed E-state index contributed by atoms with van der Waals surface area (Å²) < 4.78 is 33.1. The first-order chi connectivity index (χ1) is 17.3. The summed E-state index contributed by atoms with van der Waals surface area (Å²) in [5.74, 6) is -1.56. The maximum Gasteiger partial charge on any atom is 0.343 e. The number of ketones is 1. The molecule has 0 spiro atoms. The Kier molecular flexibility index (Phi) is 5.63. The number of esters is 1. The molecule has 1 heterocycles. The smallest absolute Gasteiger partial charge is 0.343 e. The number of rotatable bonds is 4. The van der Waals surface area contributed by atoms with Crippen LogP contribution in [0.3, 0.4) is 0 Å². The summed E-state index contributed by atoms with van der Waals surface area (Å²) >= 11 is 0. The van der Waals surface area contributed by atoms with Crippen LogP contribution in [0.15, 0.2) is 102 Å². The van der Waals surface area contributed by atoms with Crippen LogP contribution in [-0.2, 0) is 14.8 Å². The van der Waals surface area contributed by atoms with Gasteiger partial charge in [-0.3, -0.25) is 9.10 Å². The van der Waals surface area contributed by atoms with Gasteiger partial charge >= 0.3 is 5.97 Å². The van der Waals surface area contributed by atoms with Crippen molar-refractivity contribution < 1.29 is 22.7 Å².